The van der Waals surface area contributed by atoms with Gasteiger partial charge in [-0.1, -0.05) is 0 Å². The number of hydrogen-bond acceptors (Lipinski definition) is 3. The number of rotatable bonds is 3. The average Bonchev–Trinajstić information content (AvgIpc) is 3.01. The van der Waals surface area contributed by atoms with Crippen molar-refractivity contribution >= 4 is 16.7 Å². The molecule has 1 aromatic carbocycles. The Balaban J connectivity index is 1.93. The van der Waals surface area contributed by atoms with Gasteiger partial charge in [0, 0.05) is 11.6 Å². The lowest BCUT2D eigenvalue weighted by Crippen LogP contribution is -2.09. The van der Waals surface area contributed by atoms with E-state index in [-0.39, 0.29) is 6.04 Å². The highest BCUT2D eigenvalue weighted by atomic mass is 16.3. The summed E-state index contributed by atoms with van der Waals surface area (Å²) >= 11 is 0. The summed E-state index contributed by atoms with van der Waals surface area (Å²) in [4.78, 5) is 4.81. The van der Waals surface area contributed by atoms with E-state index in [0.717, 1.165) is 28.3 Å². The van der Waals surface area contributed by atoms with E-state index in [0.29, 0.717) is 5.92 Å². The number of fused-ring (bicyclic) bond motifs is 1. The minimum Gasteiger partial charge on any atom is -0.467 e. The van der Waals surface area contributed by atoms with E-state index in [4.69, 9.17) is 15.1 Å². The van der Waals surface area contributed by atoms with Gasteiger partial charge in [0.05, 0.1) is 23.3 Å². The highest BCUT2D eigenvalue weighted by molar-refractivity contribution is 5.80. The Morgan fingerprint density at radius 2 is 2.20 bits per heavy atom. The molecule has 0 radical (unpaired) electrons. The fraction of sp³-hybridized carbons (Fsp3) is 0.312. The van der Waals surface area contributed by atoms with Gasteiger partial charge in [-0.05, 0) is 50.1 Å². The zero-order valence-corrected chi connectivity index (χ0v) is 11.4. The van der Waals surface area contributed by atoms with Gasteiger partial charge in [-0.25, -0.2) is 4.98 Å². The van der Waals surface area contributed by atoms with Crippen LogP contribution in [0.3, 0.4) is 0 Å². The molecule has 1 unspecified atom stereocenters. The van der Waals surface area contributed by atoms with Crippen LogP contribution in [0.2, 0.25) is 0 Å². The number of furan rings is 1. The Morgan fingerprint density at radius 3 is 2.90 bits per heavy atom. The highest BCUT2D eigenvalue weighted by Crippen LogP contribution is 2.42. The first-order valence-electron chi connectivity index (χ1n) is 7.05. The quantitative estimate of drug-likeness (QED) is 0.736. The van der Waals surface area contributed by atoms with Gasteiger partial charge in [0.15, 0.2) is 0 Å². The van der Waals surface area contributed by atoms with Gasteiger partial charge in [0.25, 0.3) is 0 Å². The van der Waals surface area contributed by atoms with Gasteiger partial charge in [-0.15, -0.1) is 0 Å². The van der Waals surface area contributed by atoms with E-state index in [2.05, 4.69) is 17.6 Å². The summed E-state index contributed by atoms with van der Waals surface area (Å²) in [6.07, 6.45) is 4.17. The standard InChI is InChI=1S/C16H17N3O/c1-10(15-3-2-8-20-15)19-14-7-6-12(17)9-13(14)18-16(19)11-4-5-11/h2-3,6-11H,4-5,17H2,1H3. The van der Waals surface area contributed by atoms with Crippen LogP contribution < -0.4 is 5.73 Å². The van der Waals surface area contributed by atoms with Crippen molar-refractivity contribution in [3.63, 3.8) is 0 Å². The summed E-state index contributed by atoms with van der Waals surface area (Å²) in [5.41, 5.74) is 8.74. The number of nitrogens with two attached hydrogens (primary N) is 1. The molecule has 4 rings (SSSR count). The second-order valence-corrected chi connectivity index (χ2v) is 5.55. The Kier molecular flexibility index (Phi) is 2.39. The first kappa shape index (κ1) is 11.6. The Morgan fingerprint density at radius 1 is 1.35 bits per heavy atom. The Hall–Kier alpha value is -2.23. The maximum atomic E-state index is 5.88. The zero-order chi connectivity index (χ0) is 13.7. The van der Waals surface area contributed by atoms with Crippen LogP contribution in [0.25, 0.3) is 11.0 Å². The van der Waals surface area contributed by atoms with Crippen molar-refractivity contribution in [3.05, 3.63) is 48.2 Å². The first-order valence-corrected chi connectivity index (χ1v) is 7.05. The second kappa shape index (κ2) is 4.13. The molecule has 1 aliphatic carbocycles. The van der Waals surface area contributed by atoms with Gasteiger partial charge in [-0.2, -0.15) is 0 Å². The molecule has 0 aliphatic heterocycles. The fourth-order valence-electron chi connectivity index (χ4n) is 2.83. The van der Waals surface area contributed by atoms with Crippen LogP contribution in [0.4, 0.5) is 5.69 Å². The molecule has 4 nitrogen and oxygen atoms in total. The summed E-state index contributed by atoms with van der Waals surface area (Å²) in [5, 5.41) is 0. The molecule has 0 spiro atoms. The third-order valence-corrected chi connectivity index (χ3v) is 4.03. The molecule has 102 valence electrons. The molecule has 0 saturated heterocycles. The molecule has 2 heterocycles. The zero-order valence-electron chi connectivity index (χ0n) is 11.4. The monoisotopic (exact) mass is 267 g/mol. The smallest absolute Gasteiger partial charge is 0.126 e. The number of anilines is 1. The Bertz CT molecular complexity index is 753. The van der Waals surface area contributed by atoms with Crippen molar-refractivity contribution in [2.45, 2.75) is 31.7 Å². The molecule has 2 aromatic heterocycles. The predicted octanol–water partition coefficient (Wildman–Crippen LogP) is 3.70. The SMILES string of the molecule is CC(c1ccco1)n1c(C2CC2)nc2cc(N)ccc21. The second-order valence-electron chi connectivity index (χ2n) is 5.55. The lowest BCUT2D eigenvalue weighted by molar-refractivity contribution is 0.444. The fourth-order valence-corrected chi connectivity index (χ4v) is 2.83. The van der Waals surface area contributed by atoms with Crippen molar-refractivity contribution in [2.24, 2.45) is 0 Å². The van der Waals surface area contributed by atoms with Gasteiger partial charge in [0.1, 0.15) is 11.6 Å². The largest absolute Gasteiger partial charge is 0.467 e. The van der Waals surface area contributed by atoms with E-state index in [1.54, 1.807) is 6.26 Å². The van der Waals surface area contributed by atoms with Crippen LogP contribution in [-0.2, 0) is 0 Å². The third kappa shape index (κ3) is 1.72. The van der Waals surface area contributed by atoms with E-state index in [1.165, 1.54) is 12.8 Å². The number of imidazole rings is 1. The minimum absolute atomic E-state index is 0.147. The number of nitrogens with zero attached hydrogens (tertiary/aromatic N) is 2. The van der Waals surface area contributed by atoms with Crippen molar-refractivity contribution in [2.75, 3.05) is 5.73 Å². The molecule has 1 aliphatic rings. The molecule has 0 amide bonds. The average molecular weight is 267 g/mol. The van der Waals surface area contributed by atoms with Crippen molar-refractivity contribution in [1.29, 1.82) is 0 Å². The van der Waals surface area contributed by atoms with Crippen molar-refractivity contribution < 1.29 is 4.42 Å². The first-order chi connectivity index (χ1) is 9.74. The predicted molar refractivity (Wildman–Crippen MR) is 78.6 cm³/mol. The highest BCUT2D eigenvalue weighted by Gasteiger charge is 2.31. The van der Waals surface area contributed by atoms with Crippen molar-refractivity contribution in [3.8, 4) is 0 Å². The lowest BCUT2D eigenvalue weighted by Gasteiger charge is -2.15. The van der Waals surface area contributed by atoms with E-state index in [1.807, 2.05) is 24.3 Å². The lowest BCUT2D eigenvalue weighted by atomic mass is 10.2. The number of hydrogen-bond donors (Lipinski definition) is 1. The molecule has 1 saturated carbocycles. The molecule has 4 heteroatoms. The van der Waals surface area contributed by atoms with Gasteiger partial charge < -0.3 is 14.7 Å². The topological polar surface area (TPSA) is 57.0 Å². The molecule has 20 heavy (non-hydrogen) atoms. The van der Waals surface area contributed by atoms with Crippen molar-refractivity contribution in [1.82, 2.24) is 9.55 Å². The van der Waals surface area contributed by atoms with Gasteiger partial charge in [0.2, 0.25) is 0 Å². The molecule has 1 fully saturated rings. The number of nitrogen functional groups attached to an aromatic ring is 1. The maximum absolute atomic E-state index is 5.88. The summed E-state index contributed by atoms with van der Waals surface area (Å²) in [7, 11) is 0. The van der Waals surface area contributed by atoms with Crippen LogP contribution in [-0.4, -0.2) is 9.55 Å². The third-order valence-electron chi connectivity index (χ3n) is 4.03. The molecule has 3 aromatic rings. The van der Waals surface area contributed by atoms with E-state index in [9.17, 15) is 0 Å². The summed E-state index contributed by atoms with van der Waals surface area (Å²) in [5.74, 6) is 2.71. The van der Waals surface area contributed by atoms with Crippen LogP contribution >= 0.6 is 0 Å². The normalized spacial score (nSPS) is 16.6. The molecular weight excluding hydrogens is 250 g/mol. The summed E-state index contributed by atoms with van der Waals surface area (Å²) in [6, 6.07) is 10.0. The van der Waals surface area contributed by atoms with Crippen LogP contribution in [0.15, 0.2) is 41.0 Å². The molecule has 1 atom stereocenters. The van der Waals surface area contributed by atoms with E-state index < -0.39 is 0 Å². The van der Waals surface area contributed by atoms with Gasteiger partial charge >= 0.3 is 0 Å². The van der Waals surface area contributed by atoms with Gasteiger partial charge in [-0.3, -0.25) is 0 Å². The van der Waals surface area contributed by atoms with Crippen LogP contribution in [0.1, 0.15) is 43.3 Å². The molecule has 2 N–H and O–H groups in total. The van der Waals surface area contributed by atoms with Crippen LogP contribution in [0.5, 0.6) is 0 Å². The number of benzene rings is 1. The summed E-state index contributed by atoms with van der Waals surface area (Å²) < 4.78 is 7.87. The maximum Gasteiger partial charge on any atom is 0.126 e. The van der Waals surface area contributed by atoms with Crippen LogP contribution in [0, 0.1) is 0 Å². The molecule has 0 bridgehead atoms. The summed E-state index contributed by atoms with van der Waals surface area (Å²) in [6.45, 7) is 2.15. The number of aromatic nitrogens is 2. The molecular formula is C16H17N3O. The van der Waals surface area contributed by atoms with E-state index >= 15 is 0 Å². The Labute approximate surface area is 117 Å². The minimum atomic E-state index is 0.147.